The number of carbonyl (C=O) groups excluding carboxylic acids is 1. The minimum Gasteiger partial charge on any atom is -0.490 e. The molecule has 1 spiro atoms. The average molecular weight is 343 g/mol. The quantitative estimate of drug-likeness (QED) is 0.910. The molecule has 0 aromatic heterocycles. The minimum absolute atomic E-state index is 0.0271. The van der Waals surface area contributed by atoms with E-state index in [1.807, 2.05) is 29.2 Å². The molecule has 1 N–H and O–H groups in total. The van der Waals surface area contributed by atoms with Gasteiger partial charge in [-0.15, -0.1) is 0 Å². The first-order chi connectivity index (χ1) is 12.1. The molecule has 5 heteroatoms. The van der Waals surface area contributed by atoms with E-state index >= 15 is 0 Å². The van der Waals surface area contributed by atoms with E-state index in [-0.39, 0.29) is 23.3 Å². The number of hydrogen-bond donors (Lipinski definition) is 1. The van der Waals surface area contributed by atoms with Crippen LogP contribution in [-0.4, -0.2) is 41.1 Å². The van der Waals surface area contributed by atoms with Gasteiger partial charge in [-0.1, -0.05) is 6.07 Å². The van der Waals surface area contributed by atoms with Crippen LogP contribution in [0, 0.1) is 11.3 Å². The molecule has 1 atom stereocenters. The molecular formula is C20H25NO4. The molecular weight excluding hydrogens is 318 g/mol. The lowest BCUT2D eigenvalue weighted by molar-refractivity contribution is -0.139. The Balaban J connectivity index is 1.37. The molecule has 2 aliphatic carbocycles. The summed E-state index contributed by atoms with van der Waals surface area (Å²) in [4.78, 5) is 25.8. The summed E-state index contributed by atoms with van der Waals surface area (Å²) in [6.45, 7) is 1.30. The van der Waals surface area contributed by atoms with Crippen LogP contribution in [0.25, 0.3) is 0 Å². The number of carbonyl (C=O) groups is 2. The smallest absolute Gasteiger partial charge is 0.307 e. The zero-order valence-electron chi connectivity index (χ0n) is 14.4. The van der Waals surface area contributed by atoms with E-state index in [1.54, 1.807) is 0 Å². The summed E-state index contributed by atoms with van der Waals surface area (Å²) >= 11 is 0. The van der Waals surface area contributed by atoms with Crippen LogP contribution in [0.4, 0.5) is 0 Å². The summed E-state index contributed by atoms with van der Waals surface area (Å²) < 4.78 is 6.00. The molecule has 4 rings (SSSR count). The standard InChI is InChI=1S/C20H25NO4/c22-18(21-10-8-20(9-11-21)13-17(20)19(23)24)14-4-3-7-16(12-14)25-15-5-1-2-6-15/h3-4,7,12,15,17H,1-2,5-6,8-11,13H2,(H,23,24). The highest BCUT2D eigenvalue weighted by molar-refractivity contribution is 5.94. The first-order valence-corrected chi connectivity index (χ1v) is 9.36. The highest BCUT2D eigenvalue weighted by Crippen LogP contribution is 2.59. The van der Waals surface area contributed by atoms with Gasteiger partial charge in [0.05, 0.1) is 12.0 Å². The molecule has 1 aliphatic heterocycles. The number of benzene rings is 1. The van der Waals surface area contributed by atoms with Gasteiger partial charge < -0.3 is 14.7 Å². The first-order valence-electron chi connectivity index (χ1n) is 9.36. The normalized spacial score (nSPS) is 25.1. The van der Waals surface area contributed by atoms with E-state index in [0.29, 0.717) is 18.7 Å². The molecule has 3 aliphatic rings. The predicted octanol–water partition coefficient (Wildman–Crippen LogP) is 3.33. The van der Waals surface area contributed by atoms with Crippen LogP contribution in [0.15, 0.2) is 24.3 Å². The molecule has 1 heterocycles. The number of nitrogens with zero attached hydrogens (tertiary/aromatic N) is 1. The van der Waals surface area contributed by atoms with Gasteiger partial charge >= 0.3 is 5.97 Å². The highest BCUT2D eigenvalue weighted by atomic mass is 16.5. The molecule has 1 unspecified atom stereocenters. The zero-order chi connectivity index (χ0) is 17.4. The van der Waals surface area contributed by atoms with Crippen LogP contribution in [0.2, 0.25) is 0 Å². The number of rotatable bonds is 4. The van der Waals surface area contributed by atoms with Gasteiger partial charge in [0.1, 0.15) is 5.75 Å². The van der Waals surface area contributed by atoms with Crippen molar-refractivity contribution in [3.8, 4) is 5.75 Å². The summed E-state index contributed by atoms with van der Waals surface area (Å²) in [6.07, 6.45) is 7.28. The van der Waals surface area contributed by atoms with E-state index in [2.05, 4.69) is 0 Å². The second kappa shape index (κ2) is 6.36. The van der Waals surface area contributed by atoms with Crippen molar-refractivity contribution < 1.29 is 19.4 Å². The Hall–Kier alpha value is -2.04. The fourth-order valence-electron chi connectivity index (χ4n) is 4.49. The largest absolute Gasteiger partial charge is 0.490 e. The fraction of sp³-hybridized carbons (Fsp3) is 0.600. The average Bonchev–Trinajstić information content (AvgIpc) is 3.07. The Bertz CT molecular complexity index is 672. The number of amides is 1. The van der Waals surface area contributed by atoms with E-state index in [9.17, 15) is 14.7 Å². The molecule has 1 aromatic rings. The van der Waals surface area contributed by atoms with Crippen LogP contribution in [-0.2, 0) is 4.79 Å². The Morgan fingerprint density at radius 1 is 1.16 bits per heavy atom. The van der Waals surface area contributed by atoms with Gasteiger partial charge in [0.2, 0.25) is 0 Å². The molecule has 3 fully saturated rings. The predicted molar refractivity (Wildman–Crippen MR) is 92.6 cm³/mol. The summed E-state index contributed by atoms with van der Waals surface area (Å²) in [5.41, 5.74) is 0.618. The van der Waals surface area contributed by atoms with Crippen molar-refractivity contribution in [3.63, 3.8) is 0 Å². The third-order valence-electron chi connectivity index (χ3n) is 6.22. The van der Waals surface area contributed by atoms with Crippen molar-refractivity contribution in [2.45, 2.75) is 51.0 Å². The molecule has 25 heavy (non-hydrogen) atoms. The van der Waals surface area contributed by atoms with E-state index in [0.717, 1.165) is 37.9 Å². The van der Waals surface area contributed by atoms with Crippen molar-refractivity contribution in [1.82, 2.24) is 4.90 Å². The SMILES string of the molecule is O=C(O)C1CC12CCN(C(=O)c1cccc(OC3CCCC3)c1)CC2. The maximum Gasteiger partial charge on any atom is 0.307 e. The maximum atomic E-state index is 12.8. The number of aliphatic carboxylic acids is 1. The number of carboxylic acids is 1. The number of ether oxygens (including phenoxy) is 1. The van der Waals surface area contributed by atoms with Crippen molar-refractivity contribution in [1.29, 1.82) is 0 Å². The Morgan fingerprint density at radius 2 is 1.88 bits per heavy atom. The summed E-state index contributed by atoms with van der Waals surface area (Å²) in [5, 5.41) is 9.18. The van der Waals surface area contributed by atoms with Gasteiger partial charge in [0, 0.05) is 18.7 Å². The van der Waals surface area contributed by atoms with Crippen molar-refractivity contribution >= 4 is 11.9 Å². The summed E-state index contributed by atoms with van der Waals surface area (Å²) in [6, 6.07) is 7.49. The zero-order valence-corrected chi connectivity index (χ0v) is 14.4. The topological polar surface area (TPSA) is 66.8 Å². The van der Waals surface area contributed by atoms with Crippen molar-refractivity contribution in [2.24, 2.45) is 11.3 Å². The molecule has 134 valence electrons. The van der Waals surface area contributed by atoms with E-state index < -0.39 is 5.97 Å². The lowest BCUT2D eigenvalue weighted by Crippen LogP contribution is -2.40. The van der Waals surface area contributed by atoms with Crippen LogP contribution >= 0.6 is 0 Å². The summed E-state index contributed by atoms with van der Waals surface area (Å²) in [5.74, 6) is -0.0805. The van der Waals surface area contributed by atoms with Gasteiger partial charge in [0.25, 0.3) is 5.91 Å². The van der Waals surface area contributed by atoms with E-state index in [1.165, 1.54) is 12.8 Å². The lowest BCUT2D eigenvalue weighted by Gasteiger charge is -2.32. The van der Waals surface area contributed by atoms with Gasteiger partial charge in [-0.3, -0.25) is 9.59 Å². The van der Waals surface area contributed by atoms with E-state index in [4.69, 9.17) is 4.74 Å². The lowest BCUT2D eigenvalue weighted by atomic mass is 9.90. The Kier molecular flexibility index (Phi) is 4.18. The van der Waals surface area contributed by atoms with Crippen LogP contribution in [0.5, 0.6) is 5.75 Å². The van der Waals surface area contributed by atoms with Gasteiger partial charge in [-0.2, -0.15) is 0 Å². The molecule has 0 radical (unpaired) electrons. The number of piperidine rings is 1. The van der Waals surface area contributed by atoms with Crippen LogP contribution < -0.4 is 4.74 Å². The van der Waals surface area contributed by atoms with Crippen LogP contribution in [0.3, 0.4) is 0 Å². The second-order valence-corrected chi connectivity index (χ2v) is 7.80. The Morgan fingerprint density at radius 3 is 2.52 bits per heavy atom. The first kappa shape index (κ1) is 16.4. The second-order valence-electron chi connectivity index (χ2n) is 7.80. The fourth-order valence-corrected chi connectivity index (χ4v) is 4.49. The molecule has 1 amide bonds. The van der Waals surface area contributed by atoms with Gasteiger partial charge in [-0.05, 0) is 68.6 Å². The third kappa shape index (κ3) is 3.24. The van der Waals surface area contributed by atoms with Gasteiger partial charge in [-0.25, -0.2) is 0 Å². The number of likely N-dealkylation sites (tertiary alicyclic amines) is 1. The molecule has 0 bridgehead atoms. The maximum absolute atomic E-state index is 12.8. The number of hydrogen-bond acceptors (Lipinski definition) is 3. The summed E-state index contributed by atoms with van der Waals surface area (Å²) in [7, 11) is 0. The molecule has 5 nitrogen and oxygen atoms in total. The Labute approximate surface area is 148 Å². The molecule has 1 aromatic carbocycles. The van der Waals surface area contributed by atoms with Crippen LogP contribution in [0.1, 0.15) is 55.3 Å². The molecule has 1 saturated heterocycles. The minimum atomic E-state index is -0.684. The number of carboxylic acid groups (broad SMARTS) is 1. The third-order valence-corrected chi connectivity index (χ3v) is 6.22. The van der Waals surface area contributed by atoms with Gasteiger partial charge in [0.15, 0.2) is 0 Å². The molecule has 2 saturated carbocycles. The highest BCUT2D eigenvalue weighted by Gasteiger charge is 2.59. The van der Waals surface area contributed by atoms with Crippen molar-refractivity contribution in [2.75, 3.05) is 13.1 Å². The monoisotopic (exact) mass is 343 g/mol. The van der Waals surface area contributed by atoms with Crippen molar-refractivity contribution in [3.05, 3.63) is 29.8 Å².